The van der Waals surface area contributed by atoms with E-state index in [4.69, 9.17) is 11.6 Å². The summed E-state index contributed by atoms with van der Waals surface area (Å²) in [5.74, 6) is 0.0693. The number of nitrogens with zero attached hydrogens (tertiary/aromatic N) is 1. The van der Waals surface area contributed by atoms with Gasteiger partial charge >= 0.3 is 0 Å². The summed E-state index contributed by atoms with van der Waals surface area (Å²) in [7, 11) is 0. The number of amides is 1. The van der Waals surface area contributed by atoms with Crippen LogP contribution in [-0.4, -0.2) is 16.0 Å². The molecule has 0 atom stereocenters. The number of halogens is 1. The van der Waals surface area contributed by atoms with E-state index in [9.17, 15) is 9.90 Å². The molecule has 1 aromatic heterocycles. The summed E-state index contributed by atoms with van der Waals surface area (Å²) in [4.78, 5) is 15.1. The van der Waals surface area contributed by atoms with E-state index in [2.05, 4.69) is 10.3 Å². The summed E-state index contributed by atoms with van der Waals surface area (Å²) >= 11 is 5.59. The molecule has 0 saturated heterocycles. The van der Waals surface area contributed by atoms with Crippen LogP contribution in [0.25, 0.3) is 0 Å². The molecule has 2 N–H and O–H groups in total. The highest BCUT2D eigenvalue weighted by Gasteiger charge is 2.30. The maximum atomic E-state index is 11.3. The first kappa shape index (κ1) is 9.27. The van der Waals surface area contributed by atoms with E-state index in [0.29, 0.717) is 5.02 Å². The summed E-state index contributed by atoms with van der Waals surface area (Å²) in [6, 6.07) is 1.34. The Kier molecular flexibility index (Phi) is 2.29. The maximum Gasteiger partial charge on any atom is 0.228 e. The molecule has 0 radical (unpaired) electrons. The molecular formula is C9H9ClN2O2. The van der Waals surface area contributed by atoms with E-state index in [0.717, 1.165) is 12.8 Å². The summed E-state index contributed by atoms with van der Waals surface area (Å²) < 4.78 is 0. The maximum absolute atomic E-state index is 11.3. The fourth-order valence-corrected chi connectivity index (χ4v) is 1.24. The molecule has 0 aromatic carbocycles. The van der Waals surface area contributed by atoms with Crippen molar-refractivity contribution in [3.63, 3.8) is 0 Å². The van der Waals surface area contributed by atoms with E-state index in [1.54, 1.807) is 0 Å². The molecule has 1 aliphatic rings. The van der Waals surface area contributed by atoms with Crippen LogP contribution in [0.4, 0.5) is 5.82 Å². The van der Waals surface area contributed by atoms with Gasteiger partial charge in [0.2, 0.25) is 5.91 Å². The van der Waals surface area contributed by atoms with Gasteiger partial charge in [0.25, 0.3) is 0 Å². The fraction of sp³-hybridized carbons (Fsp3) is 0.333. The minimum absolute atomic E-state index is 0.0878. The van der Waals surface area contributed by atoms with E-state index in [1.807, 2.05) is 0 Å². The molecule has 1 fully saturated rings. The molecule has 2 rings (SSSR count). The largest absolute Gasteiger partial charge is 0.504 e. The number of nitrogens with one attached hydrogen (secondary N) is 1. The number of hydrogen-bond donors (Lipinski definition) is 2. The Balaban J connectivity index is 2.11. The van der Waals surface area contributed by atoms with Gasteiger partial charge in [-0.1, -0.05) is 11.6 Å². The molecule has 14 heavy (non-hydrogen) atoms. The van der Waals surface area contributed by atoms with Crippen molar-refractivity contribution in [1.82, 2.24) is 4.98 Å². The second kappa shape index (κ2) is 3.46. The molecular weight excluding hydrogens is 204 g/mol. The highest BCUT2D eigenvalue weighted by atomic mass is 35.5. The number of rotatable bonds is 2. The van der Waals surface area contributed by atoms with Gasteiger partial charge in [0.1, 0.15) is 0 Å². The van der Waals surface area contributed by atoms with Gasteiger partial charge in [-0.15, -0.1) is 0 Å². The molecule has 1 saturated carbocycles. The Hall–Kier alpha value is -1.29. The van der Waals surface area contributed by atoms with Gasteiger partial charge in [-0.3, -0.25) is 4.79 Å². The number of carbonyl (C=O) groups is 1. The topological polar surface area (TPSA) is 62.2 Å². The molecule has 0 aliphatic heterocycles. The van der Waals surface area contributed by atoms with Crippen molar-refractivity contribution in [2.45, 2.75) is 12.8 Å². The van der Waals surface area contributed by atoms with Crippen LogP contribution < -0.4 is 5.32 Å². The van der Waals surface area contributed by atoms with E-state index >= 15 is 0 Å². The van der Waals surface area contributed by atoms with E-state index in [1.165, 1.54) is 12.3 Å². The number of aromatic hydroxyl groups is 1. The lowest BCUT2D eigenvalue weighted by Crippen LogP contribution is -2.14. The predicted molar refractivity (Wildman–Crippen MR) is 52.3 cm³/mol. The lowest BCUT2D eigenvalue weighted by molar-refractivity contribution is -0.117. The molecule has 74 valence electrons. The molecule has 0 spiro atoms. The summed E-state index contributed by atoms with van der Waals surface area (Å²) in [6.07, 6.45) is 3.21. The van der Waals surface area contributed by atoms with Crippen LogP contribution in [0.3, 0.4) is 0 Å². The number of aromatic nitrogens is 1. The van der Waals surface area contributed by atoms with Crippen molar-refractivity contribution in [2.75, 3.05) is 5.32 Å². The molecule has 0 unspecified atom stereocenters. The standard InChI is InChI=1S/C9H9ClN2O2/c10-6-3-7(13)8(11-4-6)12-9(14)5-1-2-5/h3-5,13H,1-2H2,(H,11,12,14). The van der Waals surface area contributed by atoms with Crippen molar-refractivity contribution in [1.29, 1.82) is 0 Å². The van der Waals surface area contributed by atoms with Gasteiger partial charge in [0.15, 0.2) is 11.6 Å². The van der Waals surface area contributed by atoms with E-state index in [-0.39, 0.29) is 23.4 Å². The minimum atomic E-state index is -0.105. The highest BCUT2D eigenvalue weighted by Crippen LogP contribution is 2.31. The first-order valence-corrected chi connectivity index (χ1v) is 4.70. The third-order valence-corrected chi connectivity index (χ3v) is 2.23. The number of hydrogen-bond acceptors (Lipinski definition) is 3. The zero-order valence-corrected chi connectivity index (χ0v) is 8.08. The predicted octanol–water partition coefficient (Wildman–Crippen LogP) is 1.79. The molecule has 5 heteroatoms. The molecule has 1 aromatic rings. The van der Waals surface area contributed by atoms with Gasteiger partial charge in [0.05, 0.1) is 5.02 Å². The second-order valence-corrected chi connectivity index (χ2v) is 3.72. The third kappa shape index (κ3) is 1.96. The minimum Gasteiger partial charge on any atom is -0.504 e. The molecule has 4 nitrogen and oxygen atoms in total. The van der Waals surface area contributed by atoms with Crippen LogP contribution >= 0.6 is 11.6 Å². The number of carbonyl (C=O) groups excluding carboxylic acids is 1. The summed E-state index contributed by atoms with van der Waals surface area (Å²) in [5, 5.41) is 12.3. The van der Waals surface area contributed by atoms with E-state index < -0.39 is 0 Å². The number of pyridine rings is 1. The second-order valence-electron chi connectivity index (χ2n) is 3.28. The molecule has 1 amide bonds. The van der Waals surface area contributed by atoms with Crippen molar-refractivity contribution < 1.29 is 9.90 Å². The normalized spacial score (nSPS) is 15.2. The SMILES string of the molecule is O=C(Nc1ncc(Cl)cc1O)C1CC1. The number of anilines is 1. The van der Waals surface area contributed by atoms with Crippen LogP contribution in [0.1, 0.15) is 12.8 Å². The first-order valence-electron chi connectivity index (χ1n) is 4.32. The Labute approximate surface area is 85.9 Å². The zero-order valence-electron chi connectivity index (χ0n) is 7.33. The van der Waals surface area contributed by atoms with Crippen LogP contribution in [0.2, 0.25) is 5.02 Å². The fourth-order valence-electron chi connectivity index (χ4n) is 1.09. The summed E-state index contributed by atoms with van der Waals surface area (Å²) in [6.45, 7) is 0. The van der Waals surface area contributed by atoms with Crippen molar-refractivity contribution in [2.24, 2.45) is 5.92 Å². The average Bonchev–Trinajstić information content (AvgIpc) is 2.92. The smallest absolute Gasteiger partial charge is 0.228 e. The monoisotopic (exact) mass is 212 g/mol. The lowest BCUT2D eigenvalue weighted by atomic mass is 10.3. The van der Waals surface area contributed by atoms with Gasteiger partial charge in [0, 0.05) is 18.2 Å². The summed E-state index contributed by atoms with van der Waals surface area (Å²) in [5.41, 5.74) is 0. The Morgan fingerprint density at radius 1 is 1.64 bits per heavy atom. The third-order valence-electron chi connectivity index (χ3n) is 2.02. The van der Waals surface area contributed by atoms with Crippen molar-refractivity contribution >= 4 is 23.3 Å². The van der Waals surface area contributed by atoms with Crippen molar-refractivity contribution in [3.05, 3.63) is 17.3 Å². The van der Waals surface area contributed by atoms with Gasteiger partial charge in [-0.05, 0) is 12.8 Å². The van der Waals surface area contributed by atoms with Crippen LogP contribution in [0, 0.1) is 5.92 Å². The lowest BCUT2D eigenvalue weighted by Gasteiger charge is -2.04. The Morgan fingerprint density at radius 3 is 2.93 bits per heavy atom. The Bertz CT molecular complexity index is 377. The molecule has 1 aliphatic carbocycles. The molecule has 0 bridgehead atoms. The highest BCUT2D eigenvalue weighted by molar-refractivity contribution is 6.30. The molecule has 1 heterocycles. The van der Waals surface area contributed by atoms with Gasteiger partial charge < -0.3 is 10.4 Å². The Morgan fingerprint density at radius 2 is 2.36 bits per heavy atom. The van der Waals surface area contributed by atoms with Crippen LogP contribution in [-0.2, 0) is 4.79 Å². The zero-order chi connectivity index (χ0) is 10.1. The first-order chi connectivity index (χ1) is 6.66. The van der Waals surface area contributed by atoms with Gasteiger partial charge in [-0.2, -0.15) is 0 Å². The van der Waals surface area contributed by atoms with Gasteiger partial charge in [-0.25, -0.2) is 4.98 Å². The quantitative estimate of drug-likeness (QED) is 0.786. The van der Waals surface area contributed by atoms with Crippen molar-refractivity contribution in [3.8, 4) is 5.75 Å². The van der Waals surface area contributed by atoms with Crippen LogP contribution in [0.15, 0.2) is 12.3 Å². The van der Waals surface area contributed by atoms with Crippen LogP contribution in [0.5, 0.6) is 5.75 Å². The average molecular weight is 213 g/mol.